The van der Waals surface area contributed by atoms with E-state index in [1.54, 1.807) is 28.4 Å². The van der Waals surface area contributed by atoms with E-state index in [2.05, 4.69) is 0 Å². The highest BCUT2D eigenvalue weighted by Crippen LogP contribution is 2.23. The van der Waals surface area contributed by atoms with E-state index < -0.39 is 26.2 Å². The van der Waals surface area contributed by atoms with E-state index >= 15 is 0 Å². The van der Waals surface area contributed by atoms with Gasteiger partial charge in [-0.2, -0.15) is 0 Å². The molecule has 0 heterocycles. The highest BCUT2D eigenvalue weighted by atomic mass is 28.5. The normalized spacial score (nSPS) is 13.0. The van der Waals surface area contributed by atoms with Gasteiger partial charge in [0.05, 0.1) is 0 Å². The molecule has 148 valence electrons. The van der Waals surface area contributed by atoms with Gasteiger partial charge in [-0.1, -0.05) is 60.7 Å². The molecule has 0 spiro atoms. The fourth-order valence-corrected chi connectivity index (χ4v) is 12.5. The predicted octanol–water partition coefficient (Wildman–Crippen LogP) is 2.00. The summed E-state index contributed by atoms with van der Waals surface area (Å²) in [6.45, 7) is 3.70. The third-order valence-corrected chi connectivity index (χ3v) is 14.9. The molecular formula is C18H28O6Si3. The predicted molar refractivity (Wildman–Crippen MR) is 111 cm³/mol. The smallest absolute Gasteiger partial charge is 0.387 e. The van der Waals surface area contributed by atoms with Gasteiger partial charge in [-0.05, 0) is 10.4 Å². The SMILES string of the molecule is CO[Si](C)(OC)O[Si](O[Si](C)(OC)OC)(c1ccccc1)c1ccccc1. The Kier molecular flexibility index (Phi) is 7.68. The standard InChI is InChI=1S/C18H28O6Si3/c1-19-25(5,20-2)23-27(17-13-9-7-10-14-17,18-15-11-8-12-16-18)24-26(6,21-3)22-4/h7-16H,1-6H3. The summed E-state index contributed by atoms with van der Waals surface area (Å²) < 4.78 is 36.0. The molecule has 0 aliphatic carbocycles. The minimum Gasteiger partial charge on any atom is -0.387 e. The summed E-state index contributed by atoms with van der Waals surface area (Å²) >= 11 is 0. The van der Waals surface area contributed by atoms with Crippen LogP contribution in [0.3, 0.4) is 0 Å². The van der Waals surface area contributed by atoms with Gasteiger partial charge in [0.1, 0.15) is 0 Å². The van der Waals surface area contributed by atoms with Gasteiger partial charge < -0.3 is 25.9 Å². The van der Waals surface area contributed by atoms with Crippen molar-refractivity contribution in [3.05, 3.63) is 60.7 Å². The van der Waals surface area contributed by atoms with Gasteiger partial charge in [0.25, 0.3) is 0 Å². The van der Waals surface area contributed by atoms with Crippen LogP contribution in [0.5, 0.6) is 0 Å². The van der Waals surface area contributed by atoms with Gasteiger partial charge in [0.15, 0.2) is 0 Å². The molecule has 6 nitrogen and oxygen atoms in total. The molecule has 0 amide bonds. The molecule has 0 saturated heterocycles. The zero-order valence-corrected chi connectivity index (χ0v) is 19.7. The Hall–Kier alpha value is -1.15. The van der Waals surface area contributed by atoms with E-state index in [1.807, 2.05) is 73.8 Å². The van der Waals surface area contributed by atoms with Crippen LogP contribution in [-0.4, -0.2) is 54.6 Å². The summed E-state index contributed by atoms with van der Waals surface area (Å²) in [5.74, 6) is 0. The summed E-state index contributed by atoms with van der Waals surface area (Å²) in [6, 6.07) is 19.8. The molecule has 0 aliphatic heterocycles. The Morgan fingerprint density at radius 1 is 0.519 bits per heavy atom. The lowest BCUT2D eigenvalue weighted by molar-refractivity contribution is 0.129. The molecule has 0 saturated carbocycles. The van der Waals surface area contributed by atoms with Gasteiger partial charge in [-0.3, -0.25) is 0 Å². The van der Waals surface area contributed by atoms with Crippen molar-refractivity contribution in [2.24, 2.45) is 0 Å². The first kappa shape index (κ1) is 22.1. The molecule has 27 heavy (non-hydrogen) atoms. The summed E-state index contributed by atoms with van der Waals surface area (Å²) in [5, 5.41) is 1.86. The van der Waals surface area contributed by atoms with Gasteiger partial charge in [0.2, 0.25) is 0 Å². The topological polar surface area (TPSA) is 55.4 Å². The summed E-state index contributed by atoms with van der Waals surface area (Å²) in [6.07, 6.45) is 0. The molecule has 2 rings (SSSR count). The minimum atomic E-state index is -3.28. The quantitative estimate of drug-likeness (QED) is 0.544. The van der Waals surface area contributed by atoms with E-state index in [0.717, 1.165) is 10.4 Å². The lowest BCUT2D eigenvalue weighted by atomic mass is 10.4. The largest absolute Gasteiger partial charge is 0.488 e. The third kappa shape index (κ3) is 5.02. The van der Waals surface area contributed by atoms with Crippen LogP contribution in [0.15, 0.2) is 60.7 Å². The second kappa shape index (κ2) is 9.37. The maximum Gasteiger partial charge on any atom is 0.488 e. The second-order valence-electron chi connectivity index (χ2n) is 6.09. The monoisotopic (exact) mass is 424 g/mol. The molecule has 0 atom stereocenters. The molecular weight excluding hydrogens is 396 g/mol. The van der Waals surface area contributed by atoms with Crippen LogP contribution in [0.4, 0.5) is 0 Å². The van der Waals surface area contributed by atoms with Crippen LogP contribution < -0.4 is 10.4 Å². The molecule has 0 fully saturated rings. The molecule has 0 aliphatic rings. The lowest BCUT2D eigenvalue weighted by Gasteiger charge is -2.41. The Bertz CT molecular complexity index is 631. The first-order valence-corrected chi connectivity index (χ1v) is 14.9. The van der Waals surface area contributed by atoms with Crippen molar-refractivity contribution in [2.75, 3.05) is 28.4 Å². The molecule has 0 aromatic heterocycles. The Morgan fingerprint density at radius 2 is 0.815 bits per heavy atom. The average molecular weight is 425 g/mol. The lowest BCUT2D eigenvalue weighted by Crippen LogP contribution is -2.72. The first-order chi connectivity index (χ1) is 12.9. The number of hydrogen-bond donors (Lipinski definition) is 0. The van der Waals surface area contributed by atoms with Crippen molar-refractivity contribution >= 4 is 36.5 Å². The van der Waals surface area contributed by atoms with Crippen LogP contribution in [0.1, 0.15) is 0 Å². The Labute approximate surface area is 164 Å². The van der Waals surface area contributed by atoms with E-state index in [9.17, 15) is 0 Å². The van der Waals surface area contributed by atoms with E-state index in [1.165, 1.54) is 0 Å². The van der Waals surface area contributed by atoms with Crippen molar-refractivity contribution < 1.29 is 25.9 Å². The summed E-state index contributed by atoms with van der Waals surface area (Å²) in [4.78, 5) is 0. The van der Waals surface area contributed by atoms with E-state index in [-0.39, 0.29) is 0 Å². The van der Waals surface area contributed by atoms with Crippen molar-refractivity contribution in [3.8, 4) is 0 Å². The fourth-order valence-electron chi connectivity index (χ4n) is 2.59. The molecule has 0 N–H and O–H groups in total. The van der Waals surface area contributed by atoms with E-state index in [0.29, 0.717) is 0 Å². The zero-order valence-electron chi connectivity index (χ0n) is 16.7. The molecule has 0 radical (unpaired) electrons. The molecule has 0 unspecified atom stereocenters. The van der Waals surface area contributed by atoms with Crippen LogP contribution in [0, 0.1) is 0 Å². The van der Waals surface area contributed by atoms with Crippen LogP contribution in [-0.2, 0) is 25.9 Å². The second-order valence-corrected chi connectivity index (χ2v) is 15.2. The van der Waals surface area contributed by atoms with Crippen LogP contribution in [0.25, 0.3) is 0 Å². The van der Waals surface area contributed by atoms with Crippen molar-refractivity contribution in [2.45, 2.75) is 13.1 Å². The minimum absolute atomic E-state index is 0.928. The van der Waals surface area contributed by atoms with Crippen molar-refractivity contribution in [3.63, 3.8) is 0 Å². The molecule has 2 aromatic carbocycles. The highest BCUT2D eigenvalue weighted by molar-refractivity contribution is 7.00. The molecule has 0 bridgehead atoms. The van der Waals surface area contributed by atoms with Gasteiger partial charge >= 0.3 is 26.2 Å². The molecule has 2 aromatic rings. The zero-order chi connectivity index (χ0) is 20.0. The maximum absolute atomic E-state index is 6.68. The number of hydrogen-bond acceptors (Lipinski definition) is 6. The summed E-state index contributed by atoms with van der Waals surface area (Å²) in [7, 11) is -2.86. The average Bonchev–Trinajstić information content (AvgIpc) is 2.74. The highest BCUT2D eigenvalue weighted by Gasteiger charge is 2.55. The Morgan fingerprint density at radius 3 is 1.07 bits per heavy atom. The first-order valence-electron chi connectivity index (χ1n) is 8.59. The maximum atomic E-state index is 6.68. The van der Waals surface area contributed by atoms with Crippen LogP contribution in [0.2, 0.25) is 13.1 Å². The fraction of sp³-hybridized carbons (Fsp3) is 0.333. The van der Waals surface area contributed by atoms with Crippen LogP contribution >= 0.6 is 0 Å². The number of rotatable bonds is 10. The van der Waals surface area contributed by atoms with Gasteiger partial charge in [0, 0.05) is 41.5 Å². The number of benzene rings is 2. The van der Waals surface area contributed by atoms with Gasteiger partial charge in [-0.15, -0.1) is 0 Å². The van der Waals surface area contributed by atoms with Crippen molar-refractivity contribution in [1.29, 1.82) is 0 Å². The van der Waals surface area contributed by atoms with E-state index in [4.69, 9.17) is 25.9 Å². The summed E-state index contributed by atoms with van der Waals surface area (Å²) in [5.41, 5.74) is 0. The third-order valence-electron chi connectivity index (χ3n) is 4.45. The Balaban J connectivity index is 2.73. The van der Waals surface area contributed by atoms with Gasteiger partial charge in [-0.25, -0.2) is 0 Å². The van der Waals surface area contributed by atoms with Crippen molar-refractivity contribution in [1.82, 2.24) is 0 Å². The molecule has 9 heteroatoms.